The number of aromatic nitrogens is 2. The summed E-state index contributed by atoms with van der Waals surface area (Å²) in [4.78, 5) is 8.24. The molecule has 1 aromatic heterocycles. The lowest BCUT2D eigenvalue weighted by Crippen LogP contribution is -2.09. The highest BCUT2D eigenvalue weighted by Crippen LogP contribution is 2.25. The van der Waals surface area contributed by atoms with E-state index in [1.807, 2.05) is 0 Å². The summed E-state index contributed by atoms with van der Waals surface area (Å²) in [5.74, 6) is 2.00. The highest BCUT2D eigenvalue weighted by Gasteiger charge is 2.15. The SMILES string of the molecule is CNc1nccc(OCC2CCCC2)n1. The predicted octanol–water partition coefficient (Wildman–Crippen LogP) is 2.09. The molecule has 0 unspecified atom stereocenters. The summed E-state index contributed by atoms with van der Waals surface area (Å²) in [7, 11) is 1.80. The van der Waals surface area contributed by atoms with Gasteiger partial charge in [-0.1, -0.05) is 12.8 Å². The molecule has 15 heavy (non-hydrogen) atoms. The van der Waals surface area contributed by atoms with Crippen molar-refractivity contribution in [1.82, 2.24) is 9.97 Å². The highest BCUT2D eigenvalue weighted by molar-refractivity contribution is 5.25. The van der Waals surface area contributed by atoms with E-state index in [0.29, 0.717) is 11.8 Å². The average Bonchev–Trinajstić information content (AvgIpc) is 2.79. The Morgan fingerprint density at radius 1 is 1.47 bits per heavy atom. The van der Waals surface area contributed by atoms with Gasteiger partial charge in [0.1, 0.15) is 0 Å². The quantitative estimate of drug-likeness (QED) is 0.821. The molecule has 0 amide bonds. The Kier molecular flexibility index (Phi) is 3.37. The summed E-state index contributed by atoms with van der Waals surface area (Å²) in [5, 5.41) is 2.89. The summed E-state index contributed by atoms with van der Waals surface area (Å²) in [6, 6.07) is 1.80. The van der Waals surface area contributed by atoms with E-state index >= 15 is 0 Å². The van der Waals surface area contributed by atoms with Crippen LogP contribution in [0, 0.1) is 5.92 Å². The molecule has 1 heterocycles. The van der Waals surface area contributed by atoms with Crippen LogP contribution in [0.4, 0.5) is 5.95 Å². The Balaban J connectivity index is 1.86. The van der Waals surface area contributed by atoms with Gasteiger partial charge in [-0.2, -0.15) is 4.98 Å². The lowest BCUT2D eigenvalue weighted by molar-refractivity contribution is 0.243. The van der Waals surface area contributed by atoms with Gasteiger partial charge in [0.05, 0.1) is 6.61 Å². The molecule has 1 N–H and O–H groups in total. The van der Waals surface area contributed by atoms with Crippen LogP contribution in [0.15, 0.2) is 12.3 Å². The first-order chi connectivity index (χ1) is 7.38. The van der Waals surface area contributed by atoms with Crippen molar-refractivity contribution in [3.8, 4) is 5.88 Å². The van der Waals surface area contributed by atoms with Gasteiger partial charge in [0.25, 0.3) is 0 Å². The summed E-state index contributed by atoms with van der Waals surface area (Å²) in [6.45, 7) is 0.792. The number of hydrogen-bond acceptors (Lipinski definition) is 4. The first kappa shape index (κ1) is 10.2. The van der Waals surface area contributed by atoms with Crippen LogP contribution in [0.3, 0.4) is 0 Å². The predicted molar refractivity (Wildman–Crippen MR) is 59.0 cm³/mol. The molecule has 1 aliphatic carbocycles. The van der Waals surface area contributed by atoms with Crippen molar-refractivity contribution >= 4 is 5.95 Å². The zero-order valence-corrected chi connectivity index (χ0v) is 9.07. The molecule has 0 atom stereocenters. The molecule has 82 valence electrons. The maximum absolute atomic E-state index is 5.64. The molecule has 0 radical (unpaired) electrons. The van der Waals surface area contributed by atoms with E-state index in [-0.39, 0.29) is 0 Å². The number of rotatable bonds is 4. The minimum absolute atomic E-state index is 0.610. The molecular weight excluding hydrogens is 190 g/mol. The number of nitrogens with zero attached hydrogens (tertiary/aromatic N) is 2. The molecule has 1 fully saturated rings. The molecule has 1 aliphatic rings. The van der Waals surface area contributed by atoms with E-state index < -0.39 is 0 Å². The summed E-state index contributed by atoms with van der Waals surface area (Å²) in [5.41, 5.74) is 0. The molecule has 1 saturated carbocycles. The minimum Gasteiger partial charge on any atom is -0.477 e. The monoisotopic (exact) mass is 207 g/mol. The summed E-state index contributed by atoms with van der Waals surface area (Å²) >= 11 is 0. The van der Waals surface area contributed by atoms with Crippen LogP contribution in [0.25, 0.3) is 0 Å². The molecule has 0 aromatic carbocycles. The van der Waals surface area contributed by atoms with E-state index in [2.05, 4.69) is 15.3 Å². The molecular formula is C11H17N3O. The number of ether oxygens (including phenoxy) is 1. The molecule has 4 nitrogen and oxygen atoms in total. The number of hydrogen-bond donors (Lipinski definition) is 1. The second-order valence-corrected chi connectivity index (χ2v) is 3.93. The topological polar surface area (TPSA) is 47.0 Å². The van der Waals surface area contributed by atoms with Gasteiger partial charge in [0.2, 0.25) is 11.8 Å². The molecule has 0 saturated heterocycles. The third-order valence-electron chi connectivity index (χ3n) is 2.80. The Hall–Kier alpha value is -1.32. The van der Waals surface area contributed by atoms with Crippen molar-refractivity contribution in [2.24, 2.45) is 5.92 Å². The fourth-order valence-corrected chi connectivity index (χ4v) is 1.92. The number of nitrogens with one attached hydrogen (secondary N) is 1. The largest absolute Gasteiger partial charge is 0.477 e. The van der Waals surface area contributed by atoms with Gasteiger partial charge in [-0.15, -0.1) is 0 Å². The Labute approximate surface area is 90.1 Å². The van der Waals surface area contributed by atoms with Gasteiger partial charge in [-0.25, -0.2) is 4.98 Å². The molecule has 0 spiro atoms. The number of anilines is 1. The third-order valence-corrected chi connectivity index (χ3v) is 2.80. The smallest absolute Gasteiger partial charge is 0.225 e. The first-order valence-corrected chi connectivity index (χ1v) is 5.52. The van der Waals surface area contributed by atoms with E-state index in [1.54, 1.807) is 19.3 Å². The van der Waals surface area contributed by atoms with Crippen LogP contribution < -0.4 is 10.1 Å². The van der Waals surface area contributed by atoms with Crippen LogP contribution >= 0.6 is 0 Å². The maximum atomic E-state index is 5.64. The molecule has 1 aromatic rings. The Morgan fingerprint density at radius 2 is 2.27 bits per heavy atom. The molecule has 0 aliphatic heterocycles. The maximum Gasteiger partial charge on any atom is 0.225 e. The second kappa shape index (κ2) is 4.96. The highest BCUT2D eigenvalue weighted by atomic mass is 16.5. The standard InChI is InChI=1S/C11H17N3O/c1-12-11-13-7-6-10(14-11)15-8-9-4-2-3-5-9/h6-7,9H,2-5,8H2,1H3,(H,12,13,14). The lowest BCUT2D eigenvalue weighted by Gasteiger charge is -2.10. The molecule has 4 heteroatoms. The second-order valence-electron chi connectivity index (χ2n) is 3.93. The summed E-state index contributed by atoms with van der Waals surface area (Å²) in [6.07, 6.45) is 7.00. The van der Waals surface area contributed by atoms with Gasteiger partial charge >= 0.3 is 0 Å². The van der Waals surface area contributed by atoms with Crippen molar-refractivity contribution in [3.63, 3.8) is 0 Å². The van der Waals surface area contributed by atoms with Crippen LogP contribution in [0.2, 0.25) is 0 Å². The van der Waals surface area contributed by atoms with Crippen molar-refractivity contribution in [3.05, 3.63) is 12.3 Å². The normalized spacial score (nSPS) is 16.6. The van der Waals surface area contributed by atoms with Crippen LogP contribution in [0.1, 0.15) is 25.7 Å². The average molecular weight is 207 g/mol. The van der Waals surface area contributed by atoms with E-state index in [9.17, 15) is 0 Å². The van der Waals surface area contributed by atoms with Gasteiger partial charge in [0, 0.05) is 19.3 Å². The fraction of sp³-hybridized carbons (Fsp3) is 0.636. The van der Waals surface area contributed by atoms with Gasteiger partial charge < -0.3 is 10.1 Å². The lowest BCUT2D eigenvalue weighted by atomic mass is 10.1. The van der Waals surface area contributed by atoms with E-state index in [0.717, 1.165) is 12.5 Å². The van der Waals surface area contributed by atoms with Crippen LogP contribution in [0.5, 0.6) is 5.88 Å². The van der Waals surface area contributed by atoms with Gasteiger partial charge in [-0.05, 0) is 18.8 Å². The van der Waals surface area contributed by atoms with E-state index in [4.69, 9.17) is 4.74 Å². The zero-order valence-electron chi connectivity index (χ0n) is 9.07. The third kappa shape index (κ3) is 2.81. The zero-order chi connectivity index (χ0) is 10.5. The minimum atomic E-state index is 0.610. The van der Waals surface area contributed by atoms with Crippen molar-refractivity contribution in [2.75, 3.05) is 19.0 Å². The van der Waals surface area contributed by atoms with Crippen molar-refractivity contribution in [1.29, 1.82) is 0 Å². The first-order valence-electron chi connectivity index (χ1n) is 5.52. The summed E-state index contributed by atoms with van der Waals surface area (Å²) < 4.78 is 5.64. The van der Waals surface area contributed by atoms with Crippen molar-refractivity contribution in [2.45, 2.75) is 25.7 Å². The Morgan fingerprint density at radius 3 is 3.00 bits per heavy atom. The van der Waals surface area contributed by atoms with Gasteiger partial charge in [0.15, 0.2) is 0 Å². The molecule has 2 rings (SSSR count). The van der Waals surface area contributed by atoms with Crippen LogP contribution in [-0.4, -0.2) is 23.6 Å². The van der Waals surface area contributed by atoms with E-state index in [1.165, 1.54) is 25.7 Å². The molecule has 0 bridgehead atoms. The van der Waals surface area contributed by atoms with Crippen LogP contribution in [-0.2, 0) is 0 Å². The Bertz CT molecular complexity index is 310. The van der Waals surface area contributed by atoms with Gasteiger partial charge in [-0.3, -0.25) is 0 Å². The van der Waals surface area contributed by atoms with Crippen molar-refractivity contribution < 1.29 is 4.74 Å². The fourth-order valence-electron chi connectivity index (χ4n) is 1.92.